The van der Waals surface area contributed by atoms with Gasteiger partial charge in [0.25, 0.3) is 0 Å². The molecule has 1 radical (unpaired) electrons. The third-order valence-corrected chi connectivity index (χ3v) is 0.425. The summed E-state index contributed by atoms with van der Waals surface area (Å²) in [5.41, 5.74) is 0. The summed E-state index contributed by atoms with van der Waals surface area (Å²) in [6.45, 7) is 0. The first-order chi connectivity index (χ1) is 3.00. The Morgan fingerprint density at radius 3 is 1.14 bits per heavy atom. The van der Waals surface area contributed by atoms with Crippen molar-refractivity contribution in [3.63, 3.8) is 0 Å². The van der Waals surface area contributed by atoms with Crippen molar-refractivity contribution in [3.05, 3.63) is 25.0 Å². The zero-order chi connectivity index (χ0) is 4.24. The Kier molecular flexibility index (Phi) is 3.89. The van der Waals surface area contributed by atoms with E-state index in [1.54, 1.807) is 0 Å². The number of ether oxygens (including phenoxy) is 2. The Balaban J connectivity index is 0.000000360. The van der Waals surface area contributed by atoms with E-state index in [9.17, 15) is 0 Å². The second-order valence-corrected chi connectivity index (χ2v) is 0.816. The maximum Gasteiger partial charge on any atom is 0.125 e. The van der Waals surface area contributed by atoms with E-state index >= 15 is 0 Å². The minimum Gasteiger partial charge on any atom is -0.466 e. The molecular weight excluding hydrogens is 277 g/mol. The van der Waals surface area contributed by atoms with Crippen molar-refractivity contribution in [1.29, 1.82) is 0 Å². The van der Waals surface area contributed by atoms with Gasteiger partial charge in [-0.1, -0.05) is 0 Å². The van der Waals surface area contributed by atoms with Crippen LogP contribution in [0.4, 0.5) is 0 Å². The standard InChI is InChI=1S/C4H4O2.Au/c1-2-6-4-3-5-1;/h1-4H;. The van der Waals surface area contributed by atoms with Crippen LogP contribution >= 0.6 is 0 Å². The van der Waals surface area contributed by atoms with Crippen LogP contribution in [0.5, 0.6) is 0 Å². The molecule has 0 saturated carbocycles. The van der Waals surface area contributed by atoms with Gasteiger partial charge in [0.15, 0.2) is 0 Å². The Hall–Kier alpha value is -0.180. The molecule has 1 rings (SSSR count). The van der Waals surface area contributed by atoms with Crippen LogP contribution < -0.4 is 0 Å². The van der Waals surface area contributed by atoms with Crippen LogP contribution in [0.25, 0.3) is 0 Å². The van der Waals surface area contributed by atoms with Gasteiger partial charge in [0.1, 0.15) is 25.0 Å². The van der Waals surface area contributed by atoms with Crippen LogP contribution in [0, 0.1) is 0 Å². The Labute approximate surface area is 57.3 Å². The number of rotatable bonds is 0. The van der Waals surface area contributed by atoms with Crippen LogP contribution in [-0.2, 0) is 31.9 Å². The zero-order valence-electron chi connectivity index (χ0n) is 3.43. The Bertz CT molecular complexity index is 67.7. The summed E-state index contributed by atoms with van der Waals surface area (Å²) in [4.78, 5) is 0. The van der Waals surface area contributed by atoms with Crippen molar-refractivity contribution in [2.45, 2.75) is 0 Å². The van der Waals surface area contributed by atoms with Gasteiger partial charge in [0.2, 0.25) is 0 Å². The Morgan fingerprint density at radius 2 is 1.00 bits per heavy atom. The van der Waals surface area contributed by atoms with Gasteiger partial charge in [0, 0.05) is 22.4 Å². The fraction of sp³-hybridized carbons (Fsp3) is 0. The normalized spacial score (nSPS) is 13.7. The van der Waals surface area contributed by atoms with Crippen molar-refractivity contribution in [1.82, 2.24) is 0 Å². The van der Waals surface area contributed by atoms with E-state index < -0.39 is 0 Å². The summed E-state index contributed by atoms with van der Waals surface area (Å²) in [6, 6.07) is 0. The second-order valence-electron chi connectivity index (χ2n) is 0.816. The molecule has 0 fully saturated rings. The van der Waals surface area contributed by atoms with E-state index in [0.717, 1.165) is 0 Å². The fourth-order valence-electron chi connectivity index (χ4n) is 0.219. The molecule has 0 amide bonds. The van der Waals surface area contributed by atoms with E-state index in [2.05, 4.69) is 9.47 Å². The van der Waals surface area contributed by atoms with Gasteiger partial charge >= 0.3 is 0 Å². The summed E-state index contributed by atoms with van der Waals surface area (Å²) in [5, 5.41) is 0. The Morgan fingerprint density at radius 1 is 0.714 bits per heavy atom. The number of hydrogen-bond donors (Lipinski definition) is 0. The van der Waals surface area contributed by atoms with E-state index in [1.165, 1.54) is 25.0 Å². The van der Waals surface area contributed by atoms with E-state index in [-0.39, 0.29) is 22.4 Å². The summed E-state index contributed by atoms with van der Waals surface area (Å²) in [6.07, 6.45) is 5.83. The predicted octanol–water partition coefficient (Wildman–Crippen LogP) is 0.973. The maximum atomic E-state index is 4.58. The molecule has 0 aliphatic carbocycles. The number of hydrogen-bond acceptors (Lipinski definition) is 2. The maximum absolute atomic E-state index is 4.58. The molecule has 3 heteroatoms. The first kappa shape index (κ1) is 6.82. The monoisotopic (exact) mass is 281 g/mol. The van der Waals surface area contributed by atoms with Gasteiger partial charge < -0.3 is 9.47 Å². The molecule has 0 spiro atoms. The van der Waals surface area contributed by atoms with Gasteiger partial charge in [-0.05, 0) is 0 Å². The summed E-state index contributed by atoms with van der Waals surface area (Å²) < 4.78 is 9.17. The SMILES string of the molecule is C1=COC=CO1.[Au]. The van der Waals surface area contributed by atoms with Crippen LogP contribution in [0.3, 0.4) is 0 Å². The van der Waals surface area contributed by atoms with Gasteiger partial charge in [-0.2, -0.15) is 0 Å². The molecular formula is C4H4AuO2. The molecule has 7 heavy (non-hydrogen) atoms. The minimum absolute atomic E-state index is 0. The minimum atomic E-state index is 0. The fourth-order valence-corrected chi connectivity index (χ4v) is 0.219. The first-order valence-corrected chi connectivity index (χ1v) is 1.61. The van der Waals surface area contributed by atoms with Crippen molar-refractivity contribution < 1.29 is 31.9 Å². The van der Waals surface area contributed by atoms with Gasteiger partial charge in [-0.3, -0.25) is 0 Å². The topological polar surface area (TPSA) is 18.5 Å². The third-order valence-electron chi connectivity index (χ3n) is 0.425. The van der Waals surface area contributed by atoms with E-state index in [1.807, 2.05) is 0 Å². The van der Waals surface area contributed by atoms with Gasteiger partial charge in [0.05, 0.1) is 0 Å². The molecule has 0 unspecified atom stereocenters. The molecule has 0 saturated heterocycles. The molecule has 0 aromatic rings. The largest absolute Gasteiger partial charge is 0.466 e. The molecule has 0 N–H and O–H groups in total. The summed E-state index contributed by atoms with van der Waals surface area (Å²) in [5.74, 6) is 0. The van der Waals surface area contributed by atoms with E-state index in [4.69, 9.17) is 0 Å². The van der Waals surface area contributed by atoms with Crippen LogP contribution in [0.2, 0.25) is 0 Å². The molecule has 1 aliphatic rings. The molecule has 43 valence electrons. The average molecular weight is 281 g/mol. The predicted molar refractivity (Wildman–Crippen MR) is 20.4 cm³/mol. The smallest absolute Gasteiger partial charge is 0.125 e. The molecule has 0 bridgehead atoms. The van der Waals surface area contributed by atoms with Crippen molar-refractivity contribution in [2.75, 3.05) is 0 Å². The summed E-state index contributed by atoms with van der Waals surface area (Å²) >= 11 is 0. The molecule has 1 aliphatic heterocycles. The van der Waals surface area contributed by atoms with Gasteiger partial charge in [-0.25, -0.2) is 0 Å². The average Bonchev–Trinajstić information content (AvgIpc) is 1.72. The summed E-state index contributed by atoms with van der Waals surface area (Å²) in [7, 11) is 0. The molecule has 1 heterocycles. The van der Waals surface area contributed by atoms with Crippen molar-refractivity contribution in [3.8, 4) is 0 Å². The second kappa shape index (κ2) is 3.99. The molecule has 0 aromatic heterocycles. The van der Waals surface area contributed by atoms with Crippen LogP contribution in [0.15, 0.2) is 25.0 Å². The molecule has 0 aromatic carbocycles. The first-order valence-electron chi connectivity index (χ1n) is 1.61. The van der Waals surface area contributed by atoms with Gasteiger partial charge in [-0.15, -0.1) is 0 Å². The van der Waals surface area contributed by atoms with Crippen LogP contribution in [0.1, 0.15) is 0 Å². The van der Waals surface area contributed by atoms with Crippen molar-refractivity contribution >= 4 is 0 Å². The molecule has 2 nitrogen and oxygen atoms in total. The van der Waals surface area contributed by atoms with E-state index in [0.29, 0.717) is 0 Å². The van der Waals surface area contributed by atoms with Crippen LogP contribution in [-0.4, -0.2) is 0 Å². The van der Waals surface area contributed by atoms with Crippen molar-refractivity contribution in [2.24, 2.45) is 0 Å². The third kappa shape index (κ3) is 2.51. The zero-order valence-corrected chi connectivity index (χ0v) is 5.59. The quantitative estimate of drug-likeness (QED) is 0.616. The molecule has 0 atom stereocenters.